The first-order valence-corrected chi connectivity index (χ1v) is 13.4. The van der Waals surface area contributed by atoms with Crippen molar-refractivity contribution in [1.29, 1.82) is 0 Å². The lowest BCUT2D eigenvalue weighted by atomic mass is 10.0. The highest BCUT2D eigenvalue weighted by Crippen LogP contribution is 2.41. The maximum atomic E-state index is 14.3. The van der Waals surface area contributed by atoms with Crippen LogP contribution < -0.4 is 0 Å². The summed E-state index contributed by atoms with van der Waals surface area (Å²) in [5.74, 6) is -5.19. The summed E-state index contributed by atoms with van der Waals surface area (Å²) in [5, 5.41) is 0. The summed E-state index contributed by atoms with van der Waals surface area (Å²) < 4.78 is 114. The Balaban J connectivity index is 1.72. The van der Waals surface area contributed by atoms with Gasteiger partial charge in [0.1, 0.15) is 0 Å². The minimum absolute atomic E-state index is 0.129. The highest BCUT2D eigenvalue weighted by atomic mass is 79.9. The molecule has 5 rings (SSSR count). The number of rotatable bonds is 8. The zero-order valence-corrected chi connectivity index (χ0v) is 23.0. The standard InChI is InChI=1S/C27H25BrF8N4/c1-15(2)17-9-10-19(18(28)11-17)39-20-5-3-4-6-21(20)40-22(23(26(31,32)33)37-24(39)40)13-38(12-16-7-8-16)14-25(29,30)27(34,35)36/h3-6,9-11,15-16H,7-8,12-14H2,1-2H3. The van der Waals surface area contributed by atoms with Gasteiger partial charge in [-0.2, -0.15) is 35.1 Å². The molecule has 40 heavy (non-hydrogen) atoms. The number of hydrogen-bond donors (Lipinski definition) is 0. The molecule has 0 atom stereocenters. The van der Waals surface area contributed by atoms with Crippen LogP contribution in [0.15, 0.2) is 46.9 Å². The quantitative estimate of drug-likeness (QED) is 0.181. The molecular formula is C27H25BrF8N4. The lowest BCUT2D eigenvalue weighted by Gasteiger charge is -2.28. The summed E-state index contributed by atoms with van der Waals surface area (Å²) in [4.78, 5) is 4.70. The third-order valence-corrected chi connectivity index (χ3v) is 7.73. The molecule has 2 aromatic carbocycles. The average Bonchev–Trinajstić information content (AvgIpc) is 3.48. The van der Waals surface area contributed by atoms with E-state index >= 15 is 0 Å². The molecule has 1 aliphatic rings. The Morgan fingerprint density at radius 2 is 1.62 bits per heavy atom. The molecule has 0 unspecified atom stereocenters. The summed E-state index contributed by atoms with van der Waals surface area (Å²) >= 11 is 3.52. The van der Waals surface area contributed by atoms with Crippen LogP contribution >= 0.6 is 15.9 Å². The molecule has 2 heterocycles. The fraction of sp³-hybridized carbons (Fsp3) is 0.444. The van der Waals surface area contributed by atoms with E-state index in [0.29, 0.717) is 34.0 Å². The van der Waals surface area contributed by atoms with Crippen molar-refractivity contribution < 1.29 is 35.1 Å². The Labute approximate surface area is 232 Å². The third-order valence-electron chi connectivity index (χ3n) is 7.09. The largest absolute Gasteiger partial charge is 0.454 e. The maximum Gasteiger partial charge on any atom is 0.454 e. The number of benzene rings is 2. The van der Waals surface area contributed by atoms with Crippen molar-refractivity contribution in [3.63, 3.8) is 0 Å². The molecule has 1 fully saturated rings. The van der Waals surface area contributed by atoms with Crippen LogP contribution in [-0.2, 0) is 12.7 Å². The topological polar surface area (TPSA) is 25.5 Å². The van der Waals surface area contributed by atoms with Crippen LogP contribution in [0.3, 0.4) is 0 Å². The van der Waals surface area contributed by atoms with Crippen molar-refractivity contribution in [3.8, 4) is 5.69 Å². The van der Waals surface area contributed by atoms with Crippen molar-refractivity contribution in [3.05, 3.63) is 63.9 Å². The molecule has 4 aromatic rings. The minimum atomic E-state index is -5.83. The van der Waals surface area contributed by atoms with Gasteiger partial charge in [-0.25, -0.2) is 4.98 Å². The first-order valence-electron chi connectivity index (χ1n) is 12.6. The maximum absolute atomic E-state index is 14.3. The zero-order valence-electron chi connectivity index (χ0n) is 21.4. The molecule has 13 heteroatoms. The number of alkyl halides is 8. The number of hydrogen-bond acceptors (Lipinski definition) is 2. The lowest BCUT2D eigenvalue weighted by molar-refractivity contribution is -0.287. The predicted molar refractivity (Wildman–Crippen MR) is 138 cm³/mol. The van der Waals surface area contributed by atoms with Crippen molar-refractivity contribution in [2.75, 3.05) is 13.1 Å². The molecule has 1 aliphatic carbocycles. The van der Waals surface area contributed by atoms with Gasteiger partial charge in [0.25, 0.3) is 0 Å². The normalized spacial score (nSPS) is 15.3. The molecule has 216 valence electrons. The van der Waals surface area contributed by atoms with Gasteiger partial charge in [-0.1, -0.05) is 32.0 Å². The van der Waals surface area contributed by atoms with Crippen LogP contribution in [0.25, 0.3) is 22.5 Å². The smallest absolute Gasteiger partial charge is 0.291 e. The molecule has 0 aliphatic heterocycles. The van der Waals surface area contributed by atoms with Gasteiger partial charge in [-0.15, -0.1) is 0 Å². The molecular weight excluding hydrogens is 612 g/mol. The number of aromatic nitrogens is 3. The summed E-state index contributed by atoms with van der Waals surface area (Å²) in [6, 6.07) is 12.0. The minimum Gasteiger partial charge on any atom is -0.291 e. The van der Waals surface area contributed by atoms with Crippen molar-refractivity contribution in [2.45, 2.75) is 57.4 Å². The number of nitrogens with zero attached hydrogens (tertiary/aromatic N) is 4. The van der Waals surface area contributed by atoms with Gasteiger partial charge in [0.15, 0.2) is 5.69 Å². The molecule has 0 radical (unpaired) electrons. The number of para-hydroxylation sites is 2. The second-order valence-corrected chi connectivity index (χ2v) is 11.4. The summed E-state index contributed by atoms with van der Waals surface area (Å²) in [6.45, 7) is 1.27. The average molecular weight is 637 g/mol. The zero-order chi connectivity index (χ0) is 29.2. The van der Waals surface area contributed by atoms with Gasteiger partial charge in [-0.05, 0) is 70.4 Å². The Hall–Kier alpha value is -2.67. The van der Waals surface area contributed by atoms with E-state index in [1.807, 2.05) is 26.0 Å². The molecule has 0 saturated heterocycles. The number of halogens is 9. The highest BCUT2D eigenvalue weighted by molar-refractivity contribution is 9.10. The van der Waals surface area contributed by atoms with Gasteiger partial charge < -0.3 is 0 Å². The van der Waals surface area contributed by atoms with Crippen LogP contribution in [-0.4, -0.2) is 44.0 Å². The van der Waals surface area contributed by atoms with E-state index in [-0.39, 0.29) is 24.2 Å². The van der Waals surface area contributed by atoms with E-state index in [0.717, 1.165) is 10.5 Å². The number of imidazole rings is 2. The Morgan fingerprint density at radius 3 is 2.17 bits per heavy atom. The summed E-state index contributed by atoms with van der Waals surface area (Å²) in [7, 11) is 0. The van der Waals surface area contributed by atoms with Gasteiger partial charge in [0, 0.05) is 17.6 Å². The van der Waals surface area contributed by atoms with Crippen LogP contribution in [0.1, 0.15) is 49.6 Å². The first-order chi connectivity index (χ1) is 18.6. The lowest BCUT2D eigenvalue weighted by Crippen LogP contribution is -2.47. The molecule has 1 saturated carbocycles. The summed E-state index contributed by atoms with van der Waals surface area (Å²) in [6.07, 6.45) is -9.59. The molecule has 0 bridgehead atoms. The molecule has 0 amide bonds. The SMILES string of the molecule is CC(C)c1ccc(-n2c3ccccc3n3c(CN(CC4CC4)CC(F)(F)C(F)(F)F)c(C(F)(F)F)nc23)c(Br)c1. The molecule has 0 N–H and O–H groups in total. The van der Waals surface area contributed by atoms with Crippen molar-refractivity contribution in [2.24, 2.45) is 5.92 Å². The van der Waals surface area contributed by atoms with E-state index in [9.17, 15) is 35.1 Å². The molecule has 2 aromatic heterocycles. The van der Waals surface area contributed by atoms with Gasteiger partial charge >= 0.3 is 18.3 Å². The summed E-state index contributed by atoms with van der Waals surface area (Å²) in [5.41, 5.74) is 0.472. The first kappa shape index (κ1) is 28.8. The van der Waals surface area contributed by atoms with Crippen LogP contribution in [0, 0.1) is 5.92 Å². The second-order valence-electron chi connectivity index (χ2n) is 10.5. The van der Waals surface area contributed by atoms with Crippen molar-refractivity contribution >= 4 is 32.7 Å². The monoisotopic (exact) mass is 636 g/mol. The van der Waals surface area contributed by atoms with Gasteiger partial charge in [0.2, 0.25) is 5.78 Å². The Morgan fingerprint density at radius 1 is 0.975 bits per heavy atom. The highest BCUT2D eigenvalue weighted by Gasteiger charge is 2.58. The fourth-order valence-corrected chi connectivity index (χ4v) is 5.47. The van der Waals surface area contributed by atoms with E-state index in [1.165, 1.54) is 8.97 Å². The van der Waals surface area contributed by atoms with E-state index in [2.05, 4.69) is 20.9 Å². The van der Waals surface area contributed by atoms with Gasteiger partial charge in [-0.3, -0.25) is 13.9 Å². The van der Waals surface area contributed by atoms with Crippen molar-refractivity contribution in [1.82, 2.24) is 18.9 Å². The Kier molecular flexibility index (Phi) is 7.21. The fourth-order valence-electron chi connectivity index (χ4n) is 4.90. The molecule has 0 spiro atoms. The van der Waals surface area contributed by atoms with Gasteiger partial charge in [0.05, 0.1) is 29.0 Å². The Bertz CT molecular complexity index is 1550. The third kappa shape index (κ3) is 5.34. The van der Waals surface area contributed by atoms with Crippen LogP contribution in [0.5, 0.6) is 0 Å². The number of fused-ring (bicyclic) bond motifs is 3. The van der Waals surface area contributed by atoms with E-state index in [1.54, 1.807) is 30.3 Å². The van der Waals surface area contributed by atoms with Crippen LogP contribution in [0.2, 0.25) is 0 Å². The molecule has 4 nitrogen and oxygen atoms in total. The van der Waals surface area contributed by atoms with E-state index in [4.69, 9.17) is 0 Å². The van der Waals surface area contributed by atoms with Crippen LogP contribution in [0.4, 0.5) is 35.1 Å². The van der Waals surface area contributed by atoms with E-state index < -0.39 is 42.8 Å². The predicted octanol–water partition coefficient (Wildman–Crippen LogP) is 8.59. The second kappa shape index (κ2) is 10.0.